The highest BCUT2D eigenvalue weighted by Gasteiger charge is 2.15. The topological polar surface area (TPSA) is 67.6 Å². The van der Waals surface area contributed by atoms with Crippen molar-refractivity contribution in [2.75, 3.05) is 0 Å². The zero-order chi connectivity index (χ0) is 12.4. The van der Waals surface area contributed by atoms with Gasteiger partial charge in [0.25, 0.3) is 0 Å². The summed E-state index contributed by atoms with van der Waals surface area (Å²) in [5.74, 6) is 1.06. The van der Waals surface area contributed by atoms with Crippen LogP contribution in [0.25, 0.3) is 11.4 Å². The van der Waals surface area contributed by atoms with E-state index < -0.39 is 0 Å². The van der Waals surface area contributed by atoms with E-state index in [9.17, 15) is 4.39 Å². The van der Waals surface area contributed by atoms with Crippen molar-refractivity contribution in [2.24, 2.45) is 11.7 Å². The van der Waals surface area contributed by atoms with Crippen LogP contribution in [0.5, 0.6) is 0 Å². The van der Waals surface area contributed by atoms with Crippen LogP contribution in [0.1, 0.15) is 25.7 Å². The number of benzene rings is 1. The standard InChI is InChI=1S/C12H15FN4/c1-7(2)10(14)12-15-11(16-17-12)8-4-3-5-9(13)6-8/h3-7,10H,14H2,1-2H3,(H,15,16,17)/t10-/m0/s1. The smallest absolute Gasteiger partial charge is 0.181 e. The minimum Gasteiger partial charge on any atom is -0.321 e. The summed E-state index contributed by atoms with van der Waals surface area (Å²) in [5.41, 5.74) is 6.59. The summed E-state index contributed by atoms with van der Waals surface area (Å²) in [6.07, 6.45) is 0. The third kappa shape index (κ3) is 2.50. The molecule has 1 aromatic carbocycles. The molecule has 0 saturated carbocycles. The maximum atomic E-state index is 13.1. The second kappa shape index (κ2) is 4.63. The number of nitrogens with zero attached hydrogens (tertiary/aromatic N) is 2. The fourth-order valence-corrected chi connectivity index (χ4v) is 1.50. The monoisotopic (exact) mass is 234 g/mol. The van der Waals surface area contributed by atoms with Crippen LogP contribution in [0.15, 0.2) is 24.3 Å². The number of rotatable bonds is 3. The fraction of sp³-hybridized carbons (Fsp3) is 0.333. The van der Waals surface area contributed by atoms with Crippen molar-refractivity contribution < 1.29 is 4.39 Å². The third-order valence-corrected chi connectivity index (χ3v) is 2.62. The second-order valence-electron chi connectivity index (χ2n) is 4.32. The number of hydrogen-bond acceptors (Lipinski definition) is 3. The highest BCUT2D eigenvalue weighted by Crippen LogP contribution is 2.19. The lowest BCUT2D eigenvalue weighted by Gasteiger charge is -2.11. The number of hydrogen-bond donors (Lipinski definition) is 2. The van der Waals surface area contributed by atoms with Crippen LogP contribution in [-0.2, 0) is 0 Å². The Morgan fingerprint density at radius 3 is 2.76 bits per heavy atom. The van der Waals surface area contributed by atoms with Crippen LogP contribution in [0, 0.1) is 11.7 Å². The minimum absolute atomic E-state index is 0.190. The molecule has 1 aromatic heterocycles. The zero-order valence-corrected chi connectivity index (χ0v) is 9.81. The lowest BCUT2D eigenvalue weighted by Crippen LogP contribution is -2.18. The van der Waals surface area contributed by atoms with Crippen LogP contribution in [0.3, 0.4) is 0 Å². The Hall–Kier alpha value is -1.75. The molecule has 0 bridgehead atoms. The van der Waals surface area contributed by atoms with Crippen LogP contribution < -0.4 is 5.73 Å². The number of H-pyrrole nitrogens is 1. The molecule has 1 heterocycles. The van der Waals surface area contributed by atoms with E-state index in [1.54, 1.807) is 12.1 Å². The summed E-state index contributed by atoms with van der Waals surface area (Å²) >= 11 is 0. The van der Waals surface area contributed by atoms with Gasteiger partial charge in [-0.15, -0.1) is 0 Å². The molecule has 0 aliphatic carbocycles. The molecule has 0 unspecified atom stereocenters. The summed E-state index contributed by atoms with van der Waals surface area (Å²) < 4.78 is 13.1. The highest BCUT2D eigenvalue weighted by molar-refractivity contribution is 5.54. The Kier molecular flexibility index (Phi) is 3.19. The number of aromatic nitrogens is 3. The second-order valence-corrected chi connectivity index (χ2v) is 4.32. The average molecular weight is 234 g/mol. The number of aromatic amines is 1. The third-order valence-electron chi connectivity index (χ3n) is 2.62. The first-order valence-electron chi connectivity index (χ1n) is 5.51. The molecule has 0 spiro atoms. The summed E-state index contributed by atoms with van der Waals surface area (Å²) in [6, 6.07) is 5.98. The normalized spacial score (nSPS) is 13.0. The first kappa shape index (κ1) is 11.7. The van der Waals surface area contributed by atoms with Crippen molar-refractivity contribution in [1.29, 1.82) is 0 Å². The number of halogens is 1. The van der Waals surface area contributed by atoms with Crippen LogP contribution in [-0.4, -0.2) is 15.2 Å². The Bertz CT molecular complexity index is 507. The lowest BCUT2D eigenvalue weighted by atomic mass is 10.1. The van der Waals surface area contributed by atoms with Crippen molar-refractivity contribution in [3.05, 3.63) is 35.9 Å². The van der Waals surface area contributed by atoms with Crippen LogP contribution >= 0.6 is 0 Å². The van der Waals surface area contributed by atoms with E-state index in [0.29, 0.717) is 17.2 Å². The first-order valence-corrected chi connectivity index (χ1v) is 5.51. The Labute approximate surface area is 99.1 Å². The first-order chi connectivity index (χ1) is 8.08. The maximum Gasteiger partial charge on any atom is 0.181 e. The molecule has 0 aliphatic heterocycles. The predicted molar refractivity (Wildman–Crippen MR) is 63.5 cm³/mol. The van der Waals surface area contributed by atoms with Gasteiger partial charge >= 0.3 is 0 Å². The van der Waals surface area contributed by atoms with Gasteiger partial charge in [0, 0.05) is 5.56 Å². The molecule has 0 amide bonds. The van der Waals surface area contributed by atoms with Crippen molar-refractivity contribution in [2.45, 2.75) is 19.9 Å². The summed E-state index contributed by atoms with van der Waals surface area (Å²) in [4.78, 5) is 4.28. The Morgan fingerprint density at radius 2 is 2.12 bits per heavy atom. The average Bonchev–Trinajstić information content (AvgIpc) is 2.77. The van der Waals surface area contributed by atoms with Crippen molar-refractivity contribution in [1.82, 2.24) is 15.2 Å². The van der Waals surface area contributed by atoms with E-state index in [1.807, 2.05) is 13.8 Å². The molecule has 2 aromatic rings. The lowest BCUT2D eigenvalue weighted by molar-refractivity contribution is 0.492. The SMILES string of the molecule is CC(C)[C@H](N)c1nc(-c2cccc(F)c2)n[nH]1. The van der Waals surface area contributed by atoms with Gasteiger partial charge in [0.15, 0.2) is 5.82 Å². The number of nitrogens with one attached hydrogen (secondary N) is 1. The summed E-state index contributed by atoms with van der Waals surface area (Å²) in [7, 11) is 0. The molecular formula is C12H15FN4. The van der Waals surface area contributed by atoms with Crippen LogP contribution in [0.4, 0.5) is 4.39 Å². The summed E-state index contributed by atoms with van der Waals surface area (Å²) in [6.45, 7) is 4.02. The number of nitrogens with two attached hydrogens (primary N) is 1. The zero-order valence-electron chi connectivity index (χ0n) is 9.81. The van der Waals surface area contributed by atoms with E-state index in [4.69, 9.17) is 5.73 Å². The predicted octanol–water partition coefficient (Wildman–Crippen LogP) is 2.27. The van der Waals surface area contributed by atoms with Gasteiger partial charge in [-0.1, -0.05) is 26.0 Å². The van der Waals surface area contributed by atoms with Gasteiger partial charge in [-0.3, -0.25) is 5.10 Å². The van der Waals surface area contributed by atoms with E-state index in [-0.39, 0.29) is 17.8 Å². The quantitative estimate of drug-likeness (QED) is 0.856. The molecule has 17 heavy (non-hydrogen) atoms. The molecule has 0 aliphatic rings. The van der Waals surface area contributed by atoms with Gasteiger partial charge < -0.3 is 5.73 Å². The molecular weight excluding hydrogens is 219 g/mol. The van der Waals surface area contributed by atoms with Crippen molar-refractivity contribution in [3.8, 4) is 11.4 Å². The van der Waals surface area contributed by atoms with Gasteiger partial charge in [0.1, 0.15) is 11.6 Å². The van der Waals surface area contributed by atoms with Gasteiger partial charge in [-0.05, 0) is 18.1 Å². The van der Waals surface area contributed by atoms with E-state index in [0.717, 1.165) is 0 Å². The van der Waals surface area contributed by atoms with E-state index in [2.05, 4.69) is 15.2 Å². The molecule has 5 heteroatoms. The van der Waals surface area contributed by atoms with Crippen molar-refractivity contribution >= 4 is 0 Å². The highest BCUT2D eigenvalue weighted by atomic mass is 19.1. The summed E-state index contributed by atoms with van der Waals surface area (Å²) in [5, 5.41) is 6.84. The minimum atomic E-state index is -0.304. The molecule has 90 valence electrons. The van der Waals surface area contributed by atoms with Gasteiger partial charge in [0.2, 0.25) is 0 Å². The molecule has 2 rings (SSSR count). The molecule has 4 nitrogen and oxygen atoms in total. The molecule has 0 fully saturated rings. The van der Waals surface area contributed by atoms with E-state index >= 15 is 0 Å². The molecule has 0 saturated heterocycles. The van der Waals surface area contributed by atoms with Crippen LogP contribution in [0.2, 0.25) is 0 Å². The van der Waals surface area contributed by atoms with E-state index in [1.165, 1.54) is 12.1 Å². The molecule has 3 N–H and O–H groups in total. The maximum absolute atomic E-state index is 13.1. The van der Waals surface area contributed by atoms with Gasteiger partial charge in [-0.2, -0.15) is 5.10 Å². The fourth-order valence-electron chi connectivity index (χ4n) is 1.50. The molecule has 1 atom stereocenters. The van der Waals surface area contributed by atoms with Gasteiger partial charge in [-0.25, -0.2) is 9.37 Å². The van der Waals surface area contributed by atoms with Crippen molar-refractivity contribution in [3.63, 3.8) is 0 Å². The van der Waals surface area contributed by atoms with Gasteiger partial charge in [0.05, 0.1) is 6.04 Å². The Morgan fingerprint density at radius 1 is 1.35 bits per heavy atom. The largest absolute Gasteiger partial charge is 0.321 e. The Balaban J connectivity index is 2.30. The molecule has 0 radical (unpaired) electrons.